The average molecular weight is 341 g/mol. The fraction of sp³-hybridized carbons (Fsp3) is 0.333. The molecule has 0 bridgehead atoms. The van der Waals surface area contributed by atoms with Gasteiger partial charge >= 0.3 is 0 Å². The van der Waals surface area contributed by atoms with Crippen LogP contribution in [0, 0.1) is 13.8 Å². The number of halogens is 1. The van der Waals surface area contributed by atoms with E-state index in [-0.39, 0.29) is 0 Å². The van der Waals surface area contributed by atoms with Crippen molar-refractivity contribution in [3.63, 3.8) is 0 Å². The van der Waals surface area contributed by atoms with Crippen molar-refractivity contribution in [3.8, 4) is 5.75 Å². The highest BCUT2D eigenvalue weighted by molar-refractivity contribution is 9.10. The van der Waals surface area contributed by atoms with E-state index in [0.29, 0.717) is 6.61 Å². The number of aliphatic hydroxyl groups excluding tert-OH is 1. The minimum Gasteiger partial charge on any atom is -0.493 e. The van der Waals surface area contributed by atoms with Crippen LogP contribution in [0.5, 0.6) is 5.75 Å². The SMILES string of the molecule is CCOc1ccc(Br)cc1C(O)c1cc(C)c(C)s1. The smallest absolute Gasteiger partial charge is 0.125 e. The van der Waals surface area contributed by atoms with Gasteiger partial charge in [0.15, 0.2) is 0 Å². The molecule has 1 aromatic heterocycles. The molecule has 2 aromatic rings. The molecule has 19 heavy (non-hydrogen) atoms. The third-order valence-electron chi connectivity index (χ3n) is 3.02. The molecule has 0 aliphatic carbocycles. The number of hydrogen-bond donors (Lipinski definition) is 1. The molecule has 2 rings (SSSR count). The van der Waals surface area contributed by atoms with Gasteiger partial charge in [-0.2, -0.15) is 0 Å². The molecule has 0 amide bonds. The maximum absolute atomic E-state index is 10.6. The van der Waals surface area contributed by atoms with E-state index < -0.39 is 6.10 Å². The first-order valence-electron chi connectivity index (χ1n) is 6.20. The Kier molecular flexibility index (Phi) is 4.66. The fourth-order valence-electron chi connectivity index (χ4n) is 1.91. The van der Waals surface area contributed by atoms with E-state index in [0.717, 1.165) is 20.7 Å². The summed E-state index contributed by atoms with van der Waals surface area (Å²) in [5.41, 5.74) is 2.02. The number of benzene rings is 1. The lowest BCUT2D eigenvalue weighted by Crippen LogP contribution is -2.02. The summed E-state index contributed by atoms with van der Waals surface area (Å²) in [5.74, 6) is 0.738. The van der Waals surface area contributed by atoms with Gasteiger partial charge in [-0.25, -0.2) is 0 Å². The molecule has 0 saturated heterocycles. The molecule has 102 valence electrons. The lowest BCUT2D eigenvalue weighted by atomic mass is 10.1. The molecule has 1 atom stereocenters. The highest BCUT2D eigenvalue weighted by Gasteiger charge is 2.18. The van der Waals surface area contributed by atoms with Gasteiger partial charge in [0.25, 0.3) is 0 Å². The maximum atomic E-state index is 10.6. The van der Waals surface area contributed by atoms with Crippen molar-refractivity contribution < 1.29 is 9.84 Å². The van der Waals surface area contributed by atoms with Crippen molar-refractivity contribution in [1.82, 2.24) is 0 Å². The van der Waals surface area contributed by atoms with E-state index in [1.54, 1.807) is 11.3 Å². The average Bonchev–Trinajstić information content (AvgIpc) is 2.71. The van der Waals surface area contributed by atoms with Crippen molar-refractivity contribution in [2.24, 2.45) is 0 Å². The zero-order valence-electron chi connectivity index (χ0n) is 11.2. The second-order valence-corrected chi connectivity index (χ2v) is 6.61. The number of aliphatic hydroxyl groups is 1. The molecule has 1 heterocycles. The van der Waals surface area contributed by atoms with Crippen LogP contribution >= 0.6 is 27.3 Å². The van der Waals surface area contributed by atoms with E-state index >= 15 is 0 Å². The van der Waals surface area contributed by atoms with Crippen LogP contribution in [0.1, 0.15) is 33.9 Å². The molecule has 4 heteroatoms. The Bertz CT molecular complexity index is 558. The van der Waals surface area contributed by atoms with E-state index in [4.69, 9.17) is 4.74 Å². The molecule has 0 aliphatic rings. The Morgan fingerprint density at radius 1 is 1.32 bits per heavy atom. The first-order chi connectivity index (χ1) is 9.02. The second kappa shape index (κ2) is 6.07. The van der Waals surface area contributed by atoms with Crippen molar-refractivity contribution in [2.45, 2.75) is 26.9 Å². The maximum Gasteiger partial charge on any atom is 0.125 e. The number of aryl methyl sites for hydroxylation is 2. The molecular weight excluding hydrogens is 324 g/mol. The Balaban J connectivity index is 2.41. The minimum absolute atomic E-state index is 0.587. The van der Waals surface area contributed by atoms with Crippen LogP contribution in [0.15, 0.2) is 28.7 Å². The topological polar surface area (TPSA) is 29.5 Å². The molecule has 0 aliphatic heterocycles. The molecule has 0 spiro atoms. The summed E-state index contributed by atoms with van der Waals surface area (Å²) in [5, 5.41) is 10.6. The van der Waals surface area contributed by atoms with Gasteiger partial charge < -0.3 is 9.84 Å². The normalized spacial score (nSPS) is 12.5. The van der Waals surface area contributed by atoms with E-state index in [1.165, 1.54) is 10.4 Å². The number of ether oxygens (including phenoxy) is 1. The summed E-state index contributed by atoms with van der Waals surface area (Å²) in [6, 6.07) is 7.77. The molecule has 1 aromatic carbocycles. The van der Waals surface area contributed by atoms with E-state index in [9.17, 15) is 5.11 Å². The quantitative estimate of drug-likeness (QED) is 0.880. The first kappa shape index (κ1) is 14.6. The summed E-state index contributed by atoms with van der Waals surface area (Å²) < 4.78 is 6.54. The van der Waals surface area contributed by atoms with Gasteiger partial charge in [0.2, 0.25) is 0 Å². The summed E-state index contributed by atoms with van der Waals surface area (Å²) >= 11 is 5.07. The van der Waals surface area contributed by atoms with Crippen LogP contribution in [0.4, 0.5) is 0 Å². The van der Waals surface area contributed by atoms with Gasteiger partial charge in [0, 0.05) is 19.8 Å². The van der Waals surface area contributed by atoms with Gasteiger partial charge in [-0.3, -0.25) is 0 Å². The molecular formula is C15H17BrO2S. The van der Waals surface area contributed by atoms with Crippen LogP contribution in [-0.4, -0.2) is 11.7 Å². The van der Waals surface area contributed by atoms with Gasteiger partial charge in [0.05, 0.1) is 6.61 Å². The predicted molar refractivity (Wildman–Crippen MR) is 83.2 cm³/mol. The Morgan fingerprint density at radius 2 is 2.05 bits per heavy atom. The summed E-state index contributed by atoms with van der Waals surface area (Å²) in [6.45, 7) is 6.66. The van der Waals surface area contributed by atoms with Crippen LogP contribution in [-0.2, 0) is 0 Å². The second-order valence-electron chi connectivity index (χ2n) is 4.41. The lowest BCUT2D eigenvalue weighted by Gasteiger charge is -2.15. The van der Waals surface area contributed by atoms with E-state index in [2.05, 4.69) is 29.8 Å². The van der Waals surface area contributed by atoms with Gasteiger partial charge in [-0.05, 0) is 50.6 Å². The van der Waals surface area contributed by atoms with Crippen molar-refractivity contribution >= 4 is 27.3 Å². The molecule has 0 fully saturated rings. The van der Waals surface area contributed by atoms with Crippen LogP contribution in [0.2, 0.25) is 0 Å². The fourth-order valence-corrected chi connectivity index (χ4v) is 3.34. The van der Waals surface area contributed by atoms with Crippen LogP contribution < -0.4 is 4.74 Å². The number of thiophene rings is 1. The molecule has 1 N–H and O–H groups in total. The Hall–Kier alpha value is -0.840. The Morgan fingerprint density at radius 3 is 2.63 bits per heavy atom. The van der Waals surface area contributed by atoms with Crippen molar-refractivity contribution in [1.29, 1.82) is 0 Å². The lowest BCUT2D eigenvalue weighted by molar-refractivity contribution is 0.215. The third kappa shape index (κ3) is 3.19. The van der Waals surface area contributed by atoms with Gasteiger partial charge in [-0.1, -0.05) is 15.9 Å². The van der Waals surface area contributed by atoms with E-state index in [1.807, 2.05) is 31.2 Å². The van der Waals surface area contributed by atoms with Gasteiger partial charge in [-0.15, -0.1) is 11.3 Å². The summed E-state index contributed by atoms with van der Waals surface area (Å²) in [6.07, 6.45) is -0.642. The number of rotatable bonds is 4. The molecule has 2 nitrogen and oxygen atoms in total. The van der Waals surface area contributed by atoms with Crippen LogP contribution in [0.3, 0.4) is 0 Å². The third-order valence-corrected chi connectivity index (χ3v) is 4.72. The zero-order chi connectivity index (χ0) is 14.0. The standard InChI is InChI=1S/C15H17BrO2S/c1-4-18-13-6-5-11(16)8-12(13)15(17)14-7-9(2)10(3)19-14/h5-8,15,17H,4H2,1-3H3. The highest BCUT2D eigenvalue weighted by Crippen LogP contribution is 2.36. The summed E-state index contributed by atoms with van der Waals surface area (Å²) in [4.78, 5) is 2.19. The molecule has 0 saturated carbocycles. The predicted octanol–water partition coefficient (Wildman–Crippen LogP) is 4.61. The summed E-state index contributed by atoms with van der Waals surface area (Å²) in [7, 11) is 0. The monoisotopic (exact) mass is 340 g/mol. The number of hydrogen-bond acceptors (Lipinski definition) is 3. The van der Waals surface area contributed by atoms with Crippen molar-refractivity contribution in [3.05, 3.63) is 49.6 Å². The van der Waals surface area contributed by atoms with Crippen LogP contribution in [0.25, 0.3) is 0 Å². The Labute approximate surface area is 126 Å². The molecule has 1 unspecified atom stereocenters. The minimum atomic E-state index is -0.642. The van der Waals surface area contributed by atoms with Crippen molar-refractivity contribution in [2.75, 3.05) is 6.61 Å². The zero-order valence-corrected chi connectivity index (χ0v) is 13.6. The first-order valence-corrected chi connectivity index (χ1v) is 7.81. The van der Waals surface area contributed by atoms with Gasteiger partial charge in [0.1, 0.15) is 11.9 Å². The largest absolute Gasteiger partial charge is 0.493 e. The highest BCUT2D eigenvalue weighted by atomic mass is 79.9. The molecule has 0 radical (unpaired) electrons.